The lowest BCUT2D eigenvalue weighted by atomic mass is 10.0. The van der Waals surface area contributed by atoms with E-state index in [1.54, 1.807) is 0 Å². The second-order valence-corrected chi connectivity index (χ2v) is 5.65. The van der Waals surface area contributed by atoms with E-state index in [9.17, 15) is 4.79 Å². The molecule has 2 aromatic rings. The predicted octanol–water partition coefficient (Wildman–Crippen LogP) is 3.79. The van der Waals surface area contributed by atoms with E-state index in [1.165, 1.54) is 16.9 Å². The third kappa shape index (κ3) is 4.04. The van der Waals surface area contributed by atoms with Crippen LogP contribution in [0.15, 0.2) is 23.6 Å². The second kappa shape index (κ2) is 7.22. The number of aliphatic carboxylic acids is 1. The van der Waals surface area contributed by atoms with Crippen molar-refractivity contribution in [2.75, 3.05) is 6.61 Å². The van der Waals surface area contributed by atoms with Crippen molar-refractivity contribution in [1.82, 2.24) is 4.98 Å². The lowest BCUT2D eigenvalue weighted by Gasteiger charge is -2.10. The standard InChI is InChI=1S/C16H19NO3S/c1-3-5-11-6-7-14(20-4-2)12(8-11)13-10-21-15(17-13)9-16(18)19/h6-8,10H,3-5,9H2,1-2H3,(H,18,19). The minimum absolute atomic E-state index is 0.0384. The van der Waals surface area contributed by atoms with E-state index in [1.807, 2.05) is 18.4 Å². The average Bonchev–Trinajstić information content (AvgIpc) is 2.88. The van der Waals surface area contributed by atoms with Crippen LogP contribution in [0.5, 0.6) is 5.75 Å². The van der Waals surface area contributed by atoms with Gasteiger partial charge in [-0.05, 0) is 31.0 Å². The number of nitrogens with zero attached hydrogens (tertiary/aromatic N) is 1. The van der Waals surface area contributed by atoms with Crippen LogP contribution < -0.4 is 4.74 Å². The molecule has 5 heteroatoms. The number of carboxylic acid groups (broad SMARTS) is 1. The average molecular weight is 305 g/mol. The number of hydrogen-bond donors (Lipinski definition) is 1. The highest BCUT2D eigenvalue weighted by molar-refractivity contribution is 7.10. The van der Waals surface area contributed by atoms with E-state index in [-0.39, 0.29) is 6.42 Å². The monoisotopic (exact) mass is 305 g/mol. The zero-order chi connectivity index (χ0) is 15.2. The summed E-state index contributed by atoms with van der Waals surface area (Å²) in [4.78, 5) is 15.2. The summed E-state index contributed by atoms with van der Waals surface area (Å²) in [5.74, 6) is -0.0646. The Labute approximate surface area is 128 Å². The third-order valence-electron chi connectivity index (χ3n) is 3.01. The summed E-state index contributed by atoms with van der Waals surface area (Å²) in [5, 5.41) is 11.3. The first-order valence-electron chi connectivity index (χ1n) is 7.06. The topological polar surface area (TPSA) is 59.4 Å². The van der Waals surface area contributed by atoms with Gasteiger partial charge in [-0.2, -0.15) is 0 Å². The zero-order valence-electron chi connectivity index (χ0n) is 12.3. The third-order valence-corrected chi connectivity index (χ3v) is 3.86. The van der Waals surface area contributed by atoms with Crippen molar-refractivity contribution in [3.05, 3.63) is 34.2 Å². The van der Waals surface area contributed by atoms with Gasteiger partial charge in [-0.25, -0.2) is 4.98 Å². The van der Waals surface area contributed by atoms with E-state index in [0.717, 1.165) is 29.8 Å². The molecule has 0 aliphatic rings. The molecule has 1 aromatic carbocycles. The number of aromatic nitrogens is 1. The molecule has 4 nitrogen and oxygen atoms in total. The molecule has 1 N–H and O–H groups in total. The van der Waals surface area contributed by atoms with Crippen molar-refractivity contribution in [3.63, 3.8) is 0 Å². The summed E-state index contributed by atoms with van der Waals surface area (Å²) in [5.41, 5.74) is 2.97. The molecule has 0 unspecified atom stereocenters. The van der Waals surface area contributed by atoms with Gasteiger partial charge < -0.3 is 9.84 Å². The van der Waals surface area contributed by atoms with Crippen LogP contribution in [0, 0.1) is 0 Å². The SMILES string of the molecule is CCCc1ccc(OCC)c(-c2csc(CC(=O)O)n2)c1. The normalized spacial score (nSPS) is 10.6. The highest BCUT2D eigenvalue weighted by Crippen LogP contribution is 2.32. The number of ether oxygens (including phenoxy) is 1. The molecular formula is C16H19NO3S. The van der Waals surface area contributed by atoms with Crippen LogP contribution in [0.1, 0.15) is 30.8 Å². The molecule has 112 valence electrons. The fraction of sp³-hybridized carbons (Fsp3) is 0.375. The lowest BCUT2D eigenvalue weighted by molar-refractivity contribution is -0.136. The number of hydrogen-bond acceptors (Lipinski definition) is 4. The van der Waals surface area contributed by atoms with Crippen LogP contribution in [-0.4, -0.2) is 22.7 Å². The van der Waals surface area contributed by atoms with Crippen molar-refractivity contribution in [3.8, 4) is 17.0 Å². The molecule has 21 heavy (non-hydrogen) atoms. The van der Waals surface area contributed by atoms with Crippen LogP contribution in [-0.2, 0) is 17.6 Å². The highest BCUT2D eigenvalue weighted by atomic mass is 32.1. The molecule has 0 aliphatic heterocycles. The van der Waals surface area contributed by atoms with E-state index in [4.69, 9.17) is 9.84 Å². The Morgan fingerprint density at radius 1 is 1.38 bits per heavy atom. The largest absolute Gasteiger partial charge is 0.493 e. The summed E-state index contributed by atoms with van der Waals surface area (Å²) in [6.07, 6.45) is 2.05. The molecule has 0 atom stereocenters. The Bertz CT molecular complexity index is 622. The summed E-state index contributed by atoms with van der Waals surface area (Å²) in [7, 11) is 0. The van der Waals surface area contributed by atoms with Crippen molar-refractivity contribution >= 4 is 17.3 Å². The summed E-state index contributed by atoms with van der Waals surface area (Å²) >= 11 is 1.37. The molecule has 0 radical (unpaired) electrons. The number of carbonyl (C=O) groups is 1. The summed E-state index contributed by atoms with van der Waals surface area (Å²) in [6.45, 7) is 4.68. The highest BCUT2D eigenvalue weighted by Gasteiger charge is 2.13. The van der Waals surface area contributed by atoms with E-state index < -0.39 is 5.97 Å². The quantitative estimate of drug-likeness (QED) is 0.845. The van der Waals surface area contributed by atoms with Crippen LogP contribution in [0.2, 0.25) is 0 Å². The fourth-order valence-corrected chi connectivity index (χ4v) is 2.93. The first-order valence-corrected chi connectivity index (χ1v) is 7.94. The molecule has 0 fully saturated rings. The lowest BCUT2D eigenvalue weighted by Crippen LogP contribution is -1.99. The summed E-state index contributed by atoms with van der Waals surface area (Å²) in [6, 6.07) is 6.14. The van der Waals surface area contributed by atoms with Gasteiger partial charge in [0.2, 0.25) is 0 Å². The molecule has 0 bridgehead atoms. The fourth-order valence-electron chi connectivity index (χ4n) is 2.15. The summed E-state index contributed by atoms with van der Waals surface area (Å²) < 4.78 is 5.66. The van der Waals surface area contributed by atoms with Gasteiger partial charge in [0.15, 0.2) is 0 Å². The number of aryl methyl sites for hydroxylation is 1. The van der Waals surface area contributed by atoms with Gasteiger partial charge in [-0.3, -0.25) is 4.79 Å². The molecule has 1 heterocycles. The van der Waals surface area contributed by atoms with E-state index in [2.05, 4.69) is 24.0 Å². The molecule has 0 saturated carbocycles. The molecule has 0 amide bonds. The minimum atomic E-state index is -0.860. The van der Waals surface area contributed by atoms with Crippen molar-refractivity contribution in [2.45, 2.75) is 33.1 Å². The first kappa shape index (κ1) is 15.5. The maximum absolute atomic E-state index is 10.8. The van der Waals surface area contributed by atoms with Crippen LogP contribution >= 0.6 is 11.3 Å². The minimum Gasteiger partial charge on any atom is -0.493 e. The molecule has 0 spiro atoms. The van der Waals surface area contributed by atoms with Gasteiger partial charge >= 0.3 is 5.97 Å². The molecule has 1 aromatic heterocycles. The van der Waals surface area contributed by atoms with Gasteiger partial charge in [-0.1, -0.05) is 19.4 Å². The van der Waals surface area contributed by atoms with Gasteiger partial charge in [-0.15, -0.1) is 11.3 Å². The molecule has 2 rings (SSSR count). The Balaban J connectivity index is 2.36. The Morgan fingerprint density at radius 2 is 2.19 bits per heavy atom. The van der Waals surface area contributed by atoms with Crippen LogP contribution in [0.25, 0.3) is 11.3 Å². The zero-order valence-corrected chi connectivity index (χ0v) is 13.1. The number of benzene rings is 1. The Morgan fingerprint density at radius 3 is 2.86 bits per heavy atom. The maximum atomic E-state index is 10.8. The molecule has 0 aliphatic carbocycles. The number of rotatable bonds is 7. The van der Waals surface area contributed by atoms with Gasteiger partial charge in [0.1, 0.15) is 10.8 Å². The van der Waals surface area contributed by atoms with Crippen molar-refractivity contribution < 1.29 is 14.6 Å². The molecular weight excluding hydrogens is 286 g/mol. The smallest absolute Gasteiger partial charge is 0.310 e. The van der Waals surface area contributed by atoms with Crippen LogP contribution in [0.3, 0.4) is 0 Å². The Kier molecular flexibility index (Phi) is 5.33. The van der Waals surface area contributed by atoms with E-state index in [0.29, 0.717) is 11.6 Å². The van der Waals surface area contributed by atoms with Gasteiger partial charge in [0.05, 0.1) is 18.7 Å². The van der Waals surface area contributed by atoms with E-state index >= 15 is 0 Å². The Hall–Kier alpha value is -1.88. The molecule has 0 saturated heterocycles. The second-order valence-electron chi connectivity index (χ2n) is 4.71. The van der Waals surface area contributed by atoms with Crippen LogP contribution in [0.4, 0.5) is 0 Å². The predicted molar refractivity (Wildman–Crippen MR) is 84.1 cm³/mol. The maximum Gasteiger partial charge on any atom is 0.310 e. The first-order chi connectivity index (χ1) is 10.1. The van der Waals surface area contributed by atoms with Crippen molar-refractivity contribution in [2.24, 2.45) is 0 Å². The van der Waals surface area contributed by atoms with Crippen molar-refractivity contribution in [1.29, 1.82) is 0 Å². The number of thiazole rings is 1. The van der Waals surface area contributed by atoms with Gasteiger partial charge in [0, 0.05) is 10.9 Å². The van der Waals surface area contributed by atoms with Gasteiger partial charge in [0.25, 0.3) is 0 Å². The number of carboxylic acids is 1.